The van der Waals surface area contributed by atoms with Gasteiger partial charge in [-0.1, -0.05) is 19.1 Å². The van der Waals surface area contributed by atoms with Crippen LogP contribution in [0.4, 0.5) is 0 Å². The first kappa shape index (κ1) is 11.5. The number of hydrogen-bond acceptors (Lipinski definition) is 2. The van der Waals surface area contributed by atoms with Gasteiger partial charge >= 0.3 is 0 Å². The Bertz CT molecular complexity index is 350. The summed E-state index contributed by atoms with van der Waals surface area (Å²) in [5.41, 5.74) is 1.42. The van der Waals surface area contributed by atoms with E-state index in [0.717, 1.165) is 5.75 Å². The lowest BCUT2D eigenvalue weighted by Crippen LogP contribution is -2.28. The Kier molecular flexibility index (Phi) is 3.49. The third kappa shape index (κ3) is 2.07. The molecule has 1 aromatic rings. The number of benzene rings is 1. The third-order valence-corrected chi connectivity index (χ3v) is 3.95. The topological polar surface area (TPSA) is 21.3 Å². The van der Waals surface area contributed by atoms with E-state index in [1.807, 2.05) is 6.07 Å². The summed E-state index contributed by atoms with van der Waals surface area (Å²) >= 11 is 0. The number of rotatable bonds is 3. The first-order valence-electron chi connectivity index (χ1n) is 6.07. The normalized spacial score (nSPS) is 29.3. The molecule has 3 unspecified atom stereocenters. The standard InChI is InChI=1S/C14H21NO/c1-10-13(7-8-14(10)15-2)11-5-4-6-12(9-11)16-3/h4-6,9-10,13-15H,7-8H2,1-3H3. The largest absolute Gasteiger partial charge is 0.497 e. The summed E-state index contributed by atoms with van der Waals surface area (Å²) in [4.78, 5) is 0. The van der Waals surface area contributed by atoms with Crippen molar-refractivity contribution in [2.75, 3.05) is 14.2 Å². The molecule has 2 nitrogen and oxygen atoms in total. The Morgan fingerprint density at radius 2 is 2.12 bits per heavy atom. The number of hydrogen-bond donors (Lipinski definition) is 1. The molecule has 88 valence electrons. The predicted octanol–water partition coefficient (Wildman–Crippen LogP) is 2.80. The van der Waals surface area contributed by atoms with Gasteiger partial charge < -0.3 is 10.1 Å². The van der Waals surface area contributed by atoms with Gasteiger partial charge in [0.1, 0.15) is 5.75 Å². The molecule has 3 atom stereocenters. The van der Waals surface area contributed by atoms with Crippen molar-refractivity contribution in [3.8, 4) is 5.75 Å². The highest BCUT2D eigenvalue weighted by molar-refractivity contribution is 5.32. The van der Waals surface area contributed by atoms with Crippen molar-refractivity contribution < 1.29 is 4.74 Å². The molecule has 2 rings (SSSR count). The minimum atomic E-state index is 0.663. The van der Waals surface area contributed by atoms with Gasteiger partial charge in [0.15, 0.2) is 0 Å². The van der Waals surface area contributed by atoms with Crippen LogP contribution in [0, 0.1) is 5.92 Å². The van der Waals surface area contributed by atoms with E-state index in [0.29, 0.717) is 17.9 Å². The van der Waals surface area contributed by atoms with Gasteiger partial charge in [-0.25, -0.2) is 0 Å². The Labute approximate surface area is 98.0 Å². The highest BCUT2D eigenvalue weighted by atomic mass is 16.5. The van der Waals surface area contributed by atoms with Crippen LogP contribution >= 0.6 is 0 Å². The molecule has 0 bridgehead atoms. The minimum absolute atomic E-state index is 0.663. The van der Waals surface area contributed by atoms with E-state index in [2.05, 4.69) is 37.5 Å². The van der Waals surface area contributed by atoms with Gasteiger partial charge in [-0.15, -0.1) is 0 Å². The molecule has 1 aromatic carbocycles. The molecular formula is C14H21NO. The lowest BCUT2D eigenvalue weighted by atomic mass is 9.89. The summed E-state index contributed by atoms with van der Waals surface area (Å²) in [5, 5.41) is 3.41. The molecule has 1 saturated carbocycles. The van der Waals surface area contributed by atoms with E-state index in [1.165, 1.54) is 18.4 Å². The highest BCUT2D eigenvalue weighted by Gasteiger charge is 2.32. The maximum absolute atomic E-state index is 5.29. The van der Waals surface area contributed by atoms with Gasteiger partial charge in [-0.05, 0) is 49.4 Å². The van der Waals surface area contributed by atoms with Crippen LogP contribution in [-0.4, -0.2) is 20.2 Å². The van der Waals surface area contributed by atoms with Gasteiger partial charge in [0.25, 0.3) is 0 Å². The first-order valence-corrected chi connectivity index (χ1v) is 6.07. The van der Waals surface area contributed by atoms with E-state index < -0.39 is 0 Å². The monoisotopic (exact) mass is 219 g/mol. The Morgan fingerprint density at radius 1 is 1.31 bits per heavy atom. The quantitative estimate of drug-likeness (QED) is 0.844. The lowest BCUT2D eigenvalue weighted by molar-refractivity contribution is 0.409. The highest BCUT2D eigenvalue weighted by Crippen LogP contribution is 2.40. The van der Waals surface area contributed by atoms with Crippen molar-refractivity contribution in [2.45, 2.75) is 31.7 Å². The first-order chi connectivity index (χ1) is 7.76. The van der Waals surface area contributed by atoms with E-state index in [1.54, 1.807) is 7.11 Å². The minimum Gasteiger partial charge on any atom is -0.497 e. The van der Waals surface area contributed by atoms with Gasteiger partial charge in [0.05, 0.1) is 7.11 Å². The van der Waals surface area contributed by atoms with Crippen molar-refractivity contribution in [1.82, 2.24) is 5.32 Å². The molecule has 0 heterocycles. The number of nitrogens with one attached hydrogen (secondary N) is 1. The predicted molar refractivity (Wildman–Crippen MR) is 67.0 cm³/mol. The lowest BCUT2D eigenvalue weighted by Gasteiger charge is -2.21. The molecular weight excluding hydrogens is 198 g/mol. The molecule has 0 saturated heterocycles. The maximum Gasteiger partial charge on any atom is 0.119 e. The SMILES string of the molecule is CNC1CCC(c2cccc(OC)c2)C1C. The van der Waals surface area contributed by atoms with Crippen molar-refractivity contribution >= 4 is 0 Å². The van der Waals surface area contributed by atoms with Crippen LogP contribution in [0.3, 0.4) is 0 Å². The number of methoxy groups -OCH3 is 1. The molecule has 1 aliphatic rings. The molecule has 16 heavy (non-hydrogen) atoms. The van der Waals surface area contributed by atoms with E-state index >= 15 is 0 Å². The number of ether oxygens (including phenoxy) is 1. The average Bonchev–Trinajstić information content (AvgIpc) is 2.70. The molecule has 2 heteroatoms. The van der Waals surface area contributed by atoms with Gasteiger partial charge in [-0.3, -0.25) is 0 Å². The van der Waals surface area contributed by atoms with Gasteiger partial charge in [-0.2, -0.15) is 0 Å². The van der Waals surface area contributed by atoms with Crippen LogP contribution in [-0.2, 0) is 0 Å². The molecule has 0 radical (unpaired) electrons. The second-order valence-corrected chi connectivity index (χ2v) is 4.71. The van der Waals surface area contributed by atoms with Crippen molar-refractivity contribution in [2.24, 2.45) is 5.92 Å². The summed E-state index contributed by atoms with van der Waals surface area (Å²) in [6.07, 6.45) is 2.55. The summed E-state index contributed by atoms with van der Waals surface area (Å²) in [5.74, 6) is 2.35. The molecule has 0 amide bonds. The zero-order valence-electron chi connectivity index (χ0n) is 10.4. The fraction of sp³-hybridized carbons (Fsp3) is 0.571. The van der Waals surface area contributed by atoms with E-state index in [9.17, 15) is 0 Å². The molecule has 0 aliphatic heterocycles. The van der Waals surface area contributed by atoms with Crippen LogP contribution in [0.5, 0.6) is 5.75 Å². The third-order valence-electron chi connectivity index (χ3n) is 3.95. The van der Waals surface area contributed by atoms with Gasteiger partial charge in [0.2, 0.25) is 0 Å². The van der Waals surface area contributed by atoms with Crippen LogP contribution < -0.4 is 10.1 Å². The van der Waals surface area contributed by atoms with Crippen LogP contribution in [0.1, 0.15) is 31.2 Å². The van der Waals surface area contributed by atoms with Crippen molar-refractivity contribution in [1.29, 1.82) is 0 Å². The van der Waals surface area contributed by atoms with Crippen molar-refractivity contribution in [3.63, 3.8) is 0 Å². The summed E-state index contributed by atoms with van der Waals surface area (Å²) in [6, 6.07) is 9.17. The fourth-order valence-electron chi connectivity index (χ4n) is 2.91. The van der Waals surface area contributed by atoms with Crippen LogP contribution in [0.15, 0.2) is 24.3 Å². The van der Waals surface area contributed by atoms with Gasteiger partial charge in [0, 0.05) is 6.04 Å². The molecule has 1 fully saturated rings. The summed E-state index contributed by atoms with van der Waals surface area (Å²) in [7, 11) is 3.79. The fourth-order valence-corrected chi connectivity index (χ4v) is 2.91. The molecule has 0 spiro atoms. The molecule has 0 aromatic heterocycles. The van der Waals surface area contributed by atoms with Crippen LogP contribution in [0.2, 0.25) is 0 Å². The Morgan fingerprint density at radius 3 is 2.75 bits per heavy atom. The molecule has 1 aliphatic carbocycles. The summed E-state index contributed by atoms with van der Waals surface area (Å²) < 4.78 is 5.29. The zero-order valence-corrected chi connectivity index (χ0v) is 10.4. The van der Waals surface area contributed by atoms with E-state index in [4.69, 9.17) is 4.74 Å². The zero-order chi connectivity index (χ0) is 11.5. The Balaban J connectivity index is 2.18. The van der Waals surface area contributed by atoms with Crippen LogP contribution in [0.25, 0.3) is 0 Å². The maximum atomic E-state index is 5.29. The average molecular weight is 219 g/mol. The second kappa shape index (κ2) is 4.88. The smallest absolute Gasteiger partial charge is 0.119 e. The second-order valence-electron chi connectivity index (χ2n) is 4.71. The van der Waals surface area contributed by atoms with Crippen molar-refractivity contribution in [3.05, 3.63) is 29.8 Å². The molecule has 1 N–H and O–H groups in total. The Hall–Kier alpha value is -1.02. The summed E-state index contributed by atoms with van der Waals surface area (Å²) in [6.45, 7) is 2.35. The van der Waals surface area contributed by atoms with E-state index in [-0.39, 0.29) is 0 Å².